The first-order valence-corrected chi connectivity index (χ1v) is 5.08. The van der Waals surface area contributed by atoms with Gasteiger partial charge in [0.1, 0.15) is 5.75 Å². The van der Waals surface area contributed by atoms with Crippen LogP contribution < -0.4 is 0 Å². The number of carbonyl (C=O) groups excluding carboxylic acids is 1. The van der Waals surface area contributed by atoms with Crippen LogP contribution in [0.3, 0.4) is 0 Å². The third kappa shape index (κ3) is 3.85. The van der Waals surface area contributed by atoms with Crippen molar-refractivity contribution in [3.05, 3.63) is 33.9 Å². The van der Waals surface area contributed by atoms with Crippen molar-refractivity contribution in [2.75, 3.05) is 13.7 Å². The molecule has 18 heavy (non-hydrogen) atoms. The smallest absolute Gasteiger partial charge is 0.307 e. The van der Waals surface area contributed by atoms with Gasteiger partial charge >= 0.3 is 5.97 Å². The van der Waals surface area contributed by atoms with Gasteiger partial charge < -0.3 is 9.84 Å². The third-order valence-electron chi connectivity index (χ3n) is 2.13. The molecule has 7 heteroatoms. The molecule has 7 nitrogen and oxygen atoms in total. The highest BCUT2D eigenvalue weighted by molar-refractivity contribution is 5.84. The number of ether oxygens (including phenoxy) is 1. The van der Waals surface area contributed by atoms with Gasteiger partial charge in [0.15, 0.2) is 0 Å². The summed E-state index contributed by atoms with van der Waals surface area (Å²) in [6.07, 6.45) is 1.40. The van der Waals surface area contributed by atoms with E-state index in [0.29, 0.717) is 0 Å². The molecule has 0 aliphatic carbocycles. The highest BCUT2D eigenvalue weighted by Crippen LogP contribution is 2.21. The molecular weight excluding hydrogens is 240 g/mol. The molecular formula is C11H12N2O5. The number of non-ortho nitro benzene ring substituents is 1. The molecule has 0 atom stereocenters. The van der Waals surface area contributed by atoms with Crippen LogP contribution in [0.15, 0.2) is 23.2 Å². The summed E-state index contributed by atoms with van der Waals surface area (Å²) in [7, 11) is 1.28. The maximum Gasteiger partial charge on any atom is 0.307 e. The number of methoxy groups -OCH3 is 1. The molecule has 1 N–H and O–H groups in total. The number of phenolic OH excluding ortho intramolecular Hbond substituents is 1. The molecule has 0 fully saturated rings. The Morgan fingerprint density at radius 1 is 1.61 bits per heavy atom. The average molecular weight is 252 g/mol. The number of nitro benzene ring substituents is 1. The predicted octanol–water partition coefficient (Wildman–Crippen LogP) is 1.28. The molecule has 0 heterocycles. The van der Waals surface area contributed by atoms with E-state index in [2.05, 4.69) is 9.73 Å². The van der Waals surface area contributed by atoms with Gasteiger partial charge in [-0.25, -0.2) is 0 Å². The zero-order chi connectivity index (χ0) is 13.5. The Morgan fingerprint density at radius 2 is 2.33 bits per heavy atom. The molecule has 1 aromatic rings. The molecule has 0 saturated heterocycles. The largest absolute Gasteiger partial charge is 0.507 e. The van der Waals surface area contributed by atoms with Gasteiger partial charge in [0.2, 0.25) is 0 Å². The molecule has 0 bridgehead atoms. The van der Waals surface area contributed by atoms with E-state index < -0.39 is 10.9 Å². The van der Waals surface area contributed by atoms with E-state index >= 15 is 0 Å². The van der Waals surface area contributed by atoms with Crippen molar-refractivity contribution in [1.82, 2.24) is 0 Å². The third-order valence-corrected chi connectivity index (χ3v) is 2.13. The van der Waals surface area contributed by atoms with Gasteiger partial charge in [-0.15, -0.1) is 0 Å². The first kappa shape index (κ1) is 13.6. The quantitative estimate of drug-likeness (QED) is 0.368. The minimum Gasteiger partial charge on any atom is -0.507 e. The van der Waals surface area contributed by atoms with Gasteiger partial charge in [-0.2, -0.15) is 0 Å². The second-order valence-electron chi connectivity index (χ2n) is 3.36. The second-order valence-corrected chi connectivity index (χ2v) is 3.36. The minimum absolute atomic E-state index is 0.109. The second kappa shape index (κ2) is 6.33. The molecule has 0 saturated carbocycles. The predicted molar refractivity (Wildman–Crippen MR) is 63.9 cm³/mol. The monoisotopic (exact) mass is 252 g/mol. The lowest BCUT2D eigenvalue weighted by molar-refractivity contribution is -0.384. The molecule has 0 unspecified atom stereocenters. The van der Waals surface area contributed by atoms with Gasteiger partial charge in [-0.1, -0.05) is 0 Å². The molecule has 1 aromatic carbocycles. The maximum atomic E-state index is 10.8. The molecule has 0 amide bonds. The number of hydrogen-bond donors (Lipinski definition) is 1. The van der Waals surface area contributed by atoms with Gasteiger partial charge in [-0.05, 0) is 6.07 Å². The fourth-order valence-electron chi connectivity index (χ4n) is 1.18. The fraction of sp³-hybridized carbons (Fsp3) is 0.273. The number of nitrogens with zero attached hydrogens (tertiary/aromatic N) is 2. The summed E-state index contributed by atoms with van der Waals surface area (Å²) < 4.78 is 4.43. The van der Waals surface area contributed by atoms with Crippen LogP contribution in [0.2, 0.25) is 0 Å². The Bertz CT molecular complexity index is 484. The van der Waals surface area contributed by atoms with Crippen LogP contribution in [0.25, 0.3) is 0 Å². The number of aromatic hydroxyl groups is 1. The first-order valence-electron chi connectivity index (χ1n) is 5.08. The Hall–Kier alpha value is -2.44. The average Bonchev–Trinajstić information content (AvgIpc) is 2.35. The molecule has 96 valence electrons. The summed E-state index contributed by atoms with van der Waals surface area (Å²) in [4.78, 5) is 24.7. The molecule has 0 aliphatic rings. The summed E-state index contributed by atoms with van der Waals surface area (Å²) in [6.45, 7) is 0.189. The number of aliphatic imine (C=N–C) groups is 1. The zero-order valence-electron chi connectivity index (χ0n) is 9.70. The summed E-state index contributed by atoms with van der Waals surface area (Å²) in [6, 6.07) is 3.62. The Labute approximate surface area is 103 Å². The SMILES string of the molecule is COC(=O)CCN=Cc1cc([N+](=O)[O-])ccc1O. The number of carbonyl (C=O) groups is 1. The number of benzene rings is 1. The van der Waals surface area contributed by atoms with Crippen molar-refractivity contribution in [2.45, 2.75) is 6.42 Å². The van der Waals surface area contributed by atoms with E-state index in [-0.39, 0.29) is 30.0 Å². The summed E-state index contributed by atoms with van der Waals surface area (Å²) >= 11 is 0. The van der Waals surface area contributed by atoms with E-state index in [9.17, 15) is 20.0 Å². The Balaban J connectivity index is 2.71. The lowest BCUT2D eigenvalue weighted by Crippen LogP contribution is -2.01. The minimum atomic E-state index is -0.564. The summed E-state index contributed by atoms with van der Waals surface area (Å²) in [5.74, 6) is -0.502. The lowest BCUT2D eigenvalue weighted by atomic mass is 10.2. The Morgan fingerprint density at radius 3 is 2.94 bits per heavy atom. The molecule has 0 aliphatic heterocycles. The number of nitro groups is 1. The van der Waals surface area contributed by atoms with Crippen molar-refractivity contribution < 1.29 is 19.6 Å². The molecule has 0 spiro atoms. The van der Waals surface area contributed by atoms with E-state index in [1.807, 2.05) is 0 Å². The van der Waals surface area contributed by atoms with Crippen LogP contribution in [0.1, 0.15) is 12.0 Å². The maximum absolute atomic E-state index is 10.8. The summed E-state index contributed by atoms with van der Waals surface area (Å²) in [5.41, 5.74) is 0.0938. The fourth-order valence-corrected chi connectivity index (χ4v) is 1.18. The van der Waals surface area contributed by atoms with Crippen LogP contribution in [0.4, 0.5) is 5.69 Å². The van der Waals surface area contributed by atoms with Crippen LogP contribution in [0.5, 0.6) is 5.75 Å². The van der Waals surface area contributed by atoms with Crippen molar-refractivity contribution in [1.29, 1.82) is 0 Å². The number of phenols is 1. The molecule has 0 radical (unpaired) electrons. The van der Waals surface area contributed by atoms with Gasteiger partial charge in [0.25, 0.3) is 5.69 Å². The summed E-state index contributed by atoms with van der Waals surface area (Å²) in [5, 5.41) is 20.0. The number of rotatable bonds is 5. The van der Waals surface area contributed by atoms with Gasteiger partial charge in [0.05, 0.1) is 18.5 Å². The lowest BCUT2D eigenvalue weighted by Gasteiger charge is -1.98. The van der Waals surface area contributed by atoms with Crippen molar-refractivity contribution in [3.63, 3.8) is 0 Å². The normalized spacial score (nSPS) is 10.5. The highest BCUT2D eigenvalue weighted by atomic mass is 16.6. The van der Waals surface area contributed by atoms with Crippen LogP contribution >= 0.6 is 0 Å². The van der Waals surface area contributed by atoms with E-state index in [0.717, 1.165) is 0 Å². The number of hydrogen-bond acceptors (Lipinski definition) is 6. The molecule has 0 aromatic heterocycles. The zero-order valence-corrected chi connectivity index (χ0v) is 9.70. The van der Waals surface area contributed by atoms with Gasteiger partial charge in [0, 0.05) is 30.5 Å². The molecule has 1 rings (SSSR count). The topological polar surface area (TPSA) is 102 Å². The van der Waals surface area contributed by atoms with E-state index in [1.54, 1.807) is 0 Å². The van der Waals surface area contributed by atoms with Crippen LogP contribution in [0, 0.1) is 10.1 Å². The van der Waals surface area contributed by atoms with Gasteiger partial charge in [-0.3, -0.25) is 19.9 Å². The first-order chi connectivity index (χ1) is 8.54. The number of esters is 1. The van der Waals surface area contributed by atoms with Crippen LogP contribution in [-0.4, -0.2) is 35.9 Å². The van der Waals surface area contributed by atoms with Crippen molar-refractivity contribution in [3.8, 4) is 5.75 Å². The Kier molecular flexibility index (Phi) is 4.79. The van der Waals surface area contributed by atoms with Crippen molar-refractivity contribution >= 4 is 17.9 Å². The van der Waals surface area contributed by atoms with Crippen molar-refractivity contribution in [2.24, 2.45) is 4.99 Å². The van der Waals surface area contributed by atoms with Crippen LogP contribution in [-0.2, 0) is 9.53 Å². The van der Waals surface area contributed by atoms with E-state index in [4.69, 9.17) is 0 Å². The highest BCUT2D eigenvalue weighted by Gasteiger charge is 2.08. The standard InChI is InChI=1S/C11H12N2O5/c1-18-11(15)4-5-12-7-8-6-9(13(16)17)2-3-10(8)14/h2-3,6-7,14H,4-5H2,1H3. The van der Waals surface area contributed by atoms with E-state index in [1.165, 1.54) is 31.5 Å².